The molecule has 1 aliphatic carbocycles. The van der Waals surface area contributed by atoms with Crippen molar-refractivity contribution in [3.63, 3.8) is 0 Å². The maximum Gasteiger partial charge on any atom is 0.406 e. The number of likely N-dealkylation sites (N-methyl/N-ethyl adjacent to an activating group) is 1. The van der Waals surface area contributed by atoms with Crippen LogP contribution in [-0.2, 0) is 4.79 Å². The van der Waals surface area contributed by atoms with E-state index in [2.05, 4.69) is 20.5 Å². The van der Waals surface area contributed by atoms with Crippen LogP contribution in [0.4, 0.5) is 13.2 Å². The number of hydrogen-bond donors (Lipinski definition) is 2. The summed E-state index contributed by atoms with van der Waals surface area (Å²) in [6.07, 6.45) is 0.210. The minimum Gasteiger partial charge on any atom is -0.354 e. The van der Waals surface area contributed by atoms with Crippen LogP contribution in [0.3, 0.4) is 0 Å². The van der Waals surface area contributed by atoms with Crippen LogP contribution in [-0.4, -0.2) is 80.2 Å². The van der Waals surface area contributed by atoms with Crippen molar-refractivity contribution < 1.29 is 18.0 Å². The molecule has 0 bridgehead atoms. The van der Waals surface area contributed by atoms with E-state index in [0.29, 0.717) is 10.9 Å². The van der Waals surface area contributed by atoms with E-state index in [0.717, 1.165) is 39.0 Å². The number of nitrogens with one attached hydrogen (secondary N) is 2. The second kappa shape index (κ2) is 8.04. The summed E-state index contributed by atoms with van der Waals surface area (Å²) >= 11 is 0. The Balaban J connectivity index is 1.69. The summed E-state index contributed by atoms with van der Waals surface area (Å²) in [7, 11) is 2.72. The lowest BCUT2D eigenvalue weighted by atomic mass is 10.1. The molecule has 0 atom stereocenters. The van der Waals surface area contributed by atoms with Crippen LogP contribution >= 0.6 is 0 Å². The molecule has 0 aromatic heterocycles. The van der Waals surface area contributed by atoms with Crippen LogP contribution in [0.5, 0.6) is 0 Å². The van der Waals surface area contributed by atoms with Gasteiger partial charge in [0.15, 0.2) is 5.96 Å². The number of carbonyl (C=O) groups is 1. The Morgan fingerprint density at radius 2 is 1.88 bits per heavy atom. The van der Waals surface area contributed by atoms with Gasteiger partial charge in [0.2, 0.25) is 5.91 Å². The van der Waals surface area contributed by atoms with Gasteiger partial charge in [-0.15, -0.1) is 0 Å². The van der Waals surface area contributed by atoms with Crippen molar-refractivity contribution in [3.8, 4) is 0 Å². The fraction of sp³-hybridized carbons (Fsp3) is 0.867. The minimum atomic E-state index is -4.39. The highest BCUT2D eigenvalue weighted by Gasteiger charge is 2.32. The first kappa shape index (κ1) is 18.8. The van der Waals surface area contributed by atoms with Crippen LogP contribution in [0.25, 0.3) is 0 Å². The third-order valence-electron chi connectivity index (χ3n) is 4.41. The molecule has 0 aromatic carbocycles. The van der Waals surface area contributed by atoms with Gasteiger partial charge in [-0.25, -0.2) is 0 Å². The molecule has 2 aliphatic rings. The summed E-state index contributed by atoms with van der Waals surface area (Å²) in [5.74, 6) is -0.174. The number of rotatable bonds is 5. The fourth-order valence-electron chi connectivity index (χ4n) is 2.89. The van der Waals surface area contributed by atoms with Crippen LogP contribution < -0.4 is 10.6 Å². The van der Waals surface area contributed by atoms with Gasteiger partial charge >= 0.3 is 6.18 Å². The second-order valence-corrected chi connectivity index (χ2v) is 6.48. The fourth-order valence-corrected chi connectivity index (χ4v) is 2.89. The van der Waals surface area contributed by atoms with E-state index in [-0.39, 0.29) is 12.6 Å². The molecule has 138 valence electrons. The lowest BCUT2D eigenvalue weighted by molar-refractivity contribution is -0.157. The Labute approximate surface area is 140 Å². The minimum absolute atomic E-state index is 0.215. The smallest absolute Gasteiger partial charge is 0.354 e. The molecule has 0 aromatic rings. The number of guanidine groups is 1. The summed E-state index contributed by atoms with van der Waals surface area (Å²) in [5.41, 5.74) is 0. The van der Waals surface area contributed by atoms with Crippen molar-refractivity contribution >= 4 is 11.9 Å². The van der Waals surface area contributed by atoms with E-state index in [9.17, 15) is 18.0 Å². The van der Waals surface area contributed by atoms with E-state index in [1.54, 1.807) is 7.05 Å². The number of hydrogen-bond acceptors (Lipinski definition) is 3. The van der Waals surface area contributed by atoms with Gasteiger partial charge < -0.3 is 20.4 Å². The van der Waals surface area contributed by atoms with Gasteiger partial charge in [-0.2, -0.15) is 13.2 Å². The standard InChI is InChI=1S/C15H26F3N5O/c1-19-14(20-9-13(24)22(2)10-15(16,17)18)21-11-5-7-23(8-6-11)12-3-4-12/h11-12H,3-10H2,1-2H3,(H2,19,20,21). The average molecular weight is 349 g/mol. The quantitative estimate of drug-likeness (QED) is 0.569. The van der Waals surface area contributed by atoms with Crippen LogP contribution in [0, 0.1) is 0 Å². The van der Waals surface area contributed by atoms with E-state index in [1.165, 1.54) is 12.8 Å². The van der Waals surface area contributed by atoms with Crippen molar-refractivity contribution in [2.75, 3.05) is 40.3 Å². The van der Waals surface area contributed by atoms with Crippen LogP contribution in [0.1, 0.15) is 25.7 Å². The number of piperidine rings is 1. The van der Waals surface area contributed by atoms with Crippen LogP contribution in [0.15, 0.2) is 4.99 Å². The molecule has 0 radical (unpaired) electrons. The zero-order chi connectivity index (χ0) is 17.7. The Bertz CT molecular complexity index is 457. The predicted octanol–water partition coefficient (Wildman–Crippen LogP) is 0.799. The Morgan fingerprint density at radius 3 is 2.38 bits per heavy atom. The Morgan fingerprint density at radius 1 is 1.25 bits per heavy atom. The molecule has 0 spiro atoms. The molecule has 1 aliphatic heterocycles. The van der Waals surface area contributed by atoms with Crippen molar-refractivity contribution in [1.29, 1.82) is 0 Å². The molecule has 1 heterocycles. The number of carbonyl (C=O) groups excluding carboxylic acids is 1. The highest BCUT2D eigenvalue weighted by atomic mass is 19.4. The SMILES string of the molecule is CN=C(NCC(=O)N(C)CC(F)(F)F)NC1CCN(C2CC2)CC1. The van der Waals surface area contributed by atoms with E-state index in [4.69, 9.17) is 0 Å². The molecule has 24 heavy (non-hydrogen) atoms. The molecule has 2 N–H and O–H groups in total. The largest absolute Gasteiger partial charge is 0.406 e. The third kappa shape index (κ3) is 6.18. The number of alkyl halides is 3. The predicted molar refractivity (Wildman–Crippen MR) is 85.8 cm³/mol. The number of nitrogens with zero attached hydrogens (tertiary/aromatic N) is 3. The zero-order valence-electron chi connectivity index (χ0n) is 14.2. The van der Waals surface area contributed by atoms with E-state index >= 15 is 0 Å². The average Bonchev–Trinajstić information content (AvgIpc) is 3.34. The van der Waals surface area contributed by atoms with E-state index in [1.807, 2.05) is 0 Å². The summed E-state index contributed by atoms with van der Waals surface area (Å²) in [5, 5.41) is 6.04. The second-order valence-electron chi connectivity index (χ2n) is 6.48. The number of aliphatic imine (C=N–C) groups is 1. The molecular formula is C15H26F3N5O. The highest BCUT2D eigenvalue weighted by Crippen LogP contribution is 2.29. The molecule has 0 unspecified atom stereocenters. The molecular weight excluding hydrogens is 323 g/mol. The normalized spacial score (nSPS) is 20.8. The molecule has 2 rings (SSSR count). The van der Waals surface area contributed by atoms with Gasteiger partial charge in [-0.05, 0) is 25.7 Å². The van der Waals surface area contributed by atoms with Crippen molar-refractivity contribution in [3.05, 3.63) is 0 Å². The van der Waals surface area contributed by atoms with Gasteiger partial charge in [0, 0.05) is 39.3 Å². The molecule has 6 nitrogen and oxygen atoms in total. The summed E-state index contributed by atoms with van der Waals surface area (Å²) in [4.78, 5) is 18.9. The van der Waals surface area contributed by atoms with Gasteiger partial charge in [0.1, 0.15) is 6.54 Å². The number of halogens is 3. The molecule has 1 saturated carbocycles. The Kier molecular flexibility index (Phi) is 6.31. The van der Waals surface area contributed by atoms with Gasteiger partial charge in [0.25, 0.3) is 0 Å². The van der Waals surface area contributed by atoms with Crippen molar-refractivity contribution in [2.45, 2.75) is 43.9 Å². The first-order valence-corrected chi connectivity index (χ1v) is 8.30. The summed E-state index contributed by atoms with van der Waals surface area (Å²) in [6, 6.07) is 1.04. The molecule has 1 amide bonds. The first-order valence-electron chi connectivity index (χ1n) is 8.30. The van der Waals surface area contributed by atoms with E-state index < -0.39 is 18.6 Å². The highest BCUT2D eigenvalue weighted by molar-refractivity contribution is 5.86. The maximum atomic E-state index is 12.3. The number of likely N-dealkylation sites (tertiary alicyclic amines) is 1. The molecule has 2 fully saturated rings. The summed E-state index contributed by atoms with van der Waals surface area (Å²) < 4.78 is 36.8. The van der Waals surface area contributed by atoms with Crippen molar-refractivity contribution in [1.82, 2.24) is 20.4 Å². The first-order chi connectivity index (χ1) is 11.3. The van der Waals surface area contributed by atoms with Crippen molar-refractivity contribution in [2.24, 2.45) is 4.99 Å². The van der Waals surface area contributed by atoms with Crippen LogP contribution in [0.2, 0.25) is 0 Å². The molecule has 9 heteroatoms. The lowest BCUT2D eigenvalue weighted by Crippen LogP contribution is -2.51. The van der Waals surface area contributed by atoms with Gasteiger partial charge in [-0.3, -0.25) is 9.79 Å². The Hall–Kier alpha value is -1.51. The summed E-state index contributed by atoms with van der Waals surface area (Å²) in [6.45, 7) is 0.630. The zero-order valence-corrected chi connectivity index (χ0v) is 14.2. The van der Waals surface area contributed by atoms with Gasteiger partial charge in [0.05, 0.1) is 6.54 Å². The monoisotopic (exact) mass is 349 g/mol. The third-order valence-corrected chi connectivity index (χ3v) is 4.41. The maximum absolute atomic E-state index is 12.3. The van der Waals surface area contributed by atoms with Gasteiger partial charge in [-0.1, -0.05) is 0 Å². The number of amides is 1. The lowest BCUT2D eigenvalue weighted by Gasteiger charge is -2.33. The topological polar surface area (TPSA) is 60.0 Å². The molecule has 1 saturated heterocycles.